The molecule has 11 nitrogen and oxygen atoms in total. The summed E-state index contributed by atoms with van der Waals surface area (Å²) in [6, 6.07) is 8.63. The van der Waals surface area contributed by atoms with Gasteiger partial charge >= 0.3 is 0 Å². The smallest absolute Gasteiger partial charge is 0.241 e. The minimum Gasteiger partial charge on any atom is -0.395 e. The van der Waals surface area contributed by atoms with E-state index in [4.69, 9.17) is 25.5 Å². The lowest BCUT2D eigenvalue weighted by Gasteiger charge is -2.28. The molecule has 1 aliphatic rings. The molecule has 4 aromatic rings. The van der Waals surface area contributed by atoms with Crippen molar-refractivity contribution in [3.05, 3.63) is 42.7 Å². The van der Waals surface area contributed by atoms with Gasteiger partial charge in [-0.05, 0) is 12.1 Å². The molecule has 0 atom stereocenters. The van der Waals surface area contributed by atoms with E-state index in [1.54, 1.807) is 36.7 Å². The van der Waals surface area contributed by atoms with Gasteiger partial charge in [0.2, 0.25) is 16.0 Å². The van der Waals surface area contributed by atoms with Crippen LogP contribution in [0.25, 0.3) is 32.0 Å². The summed E-state index contributed by atoms with van der Waals surface area (Å²) < 4.78 is 34.6. The number of nitrogen functional groups attached to an aromatic ring is 1. The number of hydrogen-bond donors (Lipinski definition) is 3. The third-order valence-electron chi connectivity index (χ3n) is 5.44. The predicted molar refractivity (Wildman–Crippen MR) is 134 cm³/mol. The number of fused-ring (bicyclic) bond motifs is 1. The Kier molecular flexibility index (Phi) is 6.58. The third kappa shape index (κ3) is 4.81. The summed E-state index contributed by atoms with van der Waals surface area (Å²) in [5, 5.41) is 9.08. The van der Waals surface area contributed by atoms with Crippen molar-refractivity contribution >= 4 is 43.3 Å². The van der Waals surface area contributed by atoms with Crippen LogP contribution in [0.15, 0.2) is 47.6 Å². The Morgan fingerprint density at radius 1 is 1.14 bits per heavy atom. The average Bonchev–Trinajstić information content (AvgIpc) is 3.32. The van der Waals surface area contributed by atoms with Crippen molar-refractivity contribution in [3.8, 4) is 21.8 Å². The van der Waals surface area contributed by atoms with Crippen LogP contribution in [0.4, 0.5) is 11.8 Å². The lowest BCUT2D eigenvalue weighted by atomic mass is 10.2. The molecule has 0 bridgehead atoms. The molecular formula is C22H23N7O4S2. The van der Waals surface area contributed by atoms with Crippen LogP contribution in [0.1, 0.15) is 0 Å². The number of rotatable bonds is 7. The van der Waals surface area contributed by atoms with Gasteiger partial charge in [-0.15, -0.1) is 11.3 Å². The standard InChI is InChI=1S/C22H23N7O4S2/c23-22-24-12-14(13-25-22)20-27-16-11-17(34-19(16)21(28-20)29-6-9-33-10-7-29)15-3-1-2-4-18(15)35(31,32)26-5-8-30/h1-4,11-13,26,30H,5-10H2,(H2,23,24,25). The molecule has 4 N–H and O–H groups in total. The van der Waals surface area contributed by atoms with Gasteiger partial charge in [0.05, 0.1) is 40.5 Å². The second-order valence-corrected chi connectivity index (χ2v) is 10.5. The van der Waals surface area contributed by atoms with Crippen LogP contribution in [-0.2, 0) is 14.8 Å². The second kappa shape index (κ2) is 9.79. The number of sulfonamides is 1. The number of thiophene rings is 1. The maximum Gasteiger partial charge on any atom is 0.241 e. The number of aromatic nitrogens is 4. The molecule has 0 saturated carbocycles. The summed E-state index contributed by atoms with van der Waals surface area (Å²) in [5.41, 5.74) is 7.49. The predicted octanol–water partition coefficient (Wildman–Crippen LogP) is 1.50. The number of anilines is 2. The Morgan fingerprint density at radius 3 is 2.63 bits per heavy atom. The molecule has 1 saturated heterocycles. The van der Waals surface area contributed by atoms with E-state index in [1.807, 2.05) is 6.07 Å². The van der Waals surface area contributed by atoms with E-state index in [9.17, 15) is 8.42 Å². The van der Waals surface area contributed by atoms with Crippen LogP contribution in [0.3, 0.4) is 0 Å². The molecule has 0 unspecified atom stereocenters. The van der Waals surface area contributed by atoms with Gasteiger partial charge in [-0.1, -0.05) is 18.2 Å². The first kappa shape index (κ1) is 23.5. The van der Waals surface area contributed by atoms with Gasteiger partial charge in [0.25, 0.3) is 0 Å². The highest BCUT2D eigenvalue weighted by Gasteiger charge is 2.24. The summed E-state index contributed by atoms with van der Waals surface area (Å²) in [5.74, 6) is 1.36. The largest absolute Gasteiger partial charge is 0.395 e. The zero-order valence-corrected chi connectivity index (χ0v) is 20.2. The molecule has 0 radical (unpaired) electrons. The maximum atomic E-state index is 12.9. The Balaban J connectivity index is 1.67. The van der Waals surface area contributed by atoms with E-state index < -0.39 is 10.0 Å². The summed E-state index contributed by atoms with van der Waals surface area (Å²) in [7, 11) is -3.82. The van der Waals surface area contributed by atoms with Crippen molar-refractivity contribution in [2.45, 2.75) is 4.90 Å². The monoisotopic (exact) mass is 513 g/mol. The Bertz CT molecular complexity index is 1450. The quantitative estimate of drug-likeness (QED) is 0.331. The topological polar surface area (TPSA) is 156 Å². The Hall–Kier alpha value is -3.23. The molecule has 1 aliphatic heterocycles. The summed E-state index contributed by atoms with van der Waals surface area (Å²) in [6.07, 6.45) is 3.16. The molecule has 1 aromatic carbocycles. The summed E-state index contributed by atoms with van der Waals surface area (Å²) >= 11 is 1.43. The fourth-order valence-electron chi connectivity index (χ4n) is 3.78. The normalized spacial score (nSPS) is 14.5. The lowest BCUT2D eigenvalue weighted by Crippen LogP contribution is -2.36. The van der Waals surface area contributed by atoms with Crippen LogP contribution >= 0.6 is 11.3 Å². The minimum atomic E-state index is -3.82. The number of nitrogens with zero attached hydrogens (tertiary/aromatic N) is 5. The molecule has 5 rings (SSSR count). The van der Waals surface area contributed by atoms with Gasteiger partial charge in [-0.25, -0.2) is 33.1 Å². The highest BCUT2D eigenvalue weighted by molar-refractivity contribution is 7.89. The first-order chi connectivity index (χ1) is 17.0. The molecule has 13 heteroatoms. The SMILES string of the molecule is Nc1ncc(-c2nc(N3CCOCC3)c3sc(-c4ccccc4S(=O)(=O)NCCO)cc3n2)cn1. The van der Waals surface area contributed by atoms with Crippen LogP contribution in [-0.4, -0.2) is 72.9 Å². The first-order valence-corrected chi connectivity index (χ1v) is 13.2. The number of nitrogens with one attached hydrogen (secondary N) is 1. The molecule has 0 amide bonds. The molecule has 1 fully saturated rings. The molecular weight excluding hydrogens is 490 g/mol. The van der Waals surface area contributed by atoms with Crippen molar-refractivity contribution in [2.75, 3.05) is 50.1 Å². The zero-order chi connectivity index (χ0) is 24.4. The number of ether oxygens (including phenoxy) is 1. The number of aliphatic hydroxyl groups excluding tert-OH is 1. The number of hydrogen-bond acceptors (Lipinski definition) is 11. The van der Waals surface area contributed by atoms with E-state index >= 15 is 0 Å². The van der Waals surface area contributed by atoms with Crippen molar-refractivity contribution < 1.29 is 18.3 Å². The van der Waals surface area contributed by atoms with E-state index in [2.05, 4.69) is 19.6 Å². The van der Waals surface area contributed by atoms with Crippen LogP contribution < -0.4 is 15.4 Å². The third-order valence-corrected chi connectivity index (χ3v) is 8.11. The molecule has 182 valence electrons. The Labute approximate surface area is 205 Å². The van der Waals surface area contributed by atoms with Gasteiger partial charge in [0.15, 0.2) is 11.6 Å². The van der Waals surface area contributed by atoms with E-state index in [0.717, 1.165) is 15.4 Å². The number of benzene rings is 1. The van der Waals surface area contributed by atoms with Crippen LogP contribution in [0.5, 0.6) is 0 Å². The second-order valence-electron chi connectivity index (χ2n) is 7.74. The molecule has 35 heavy (non-hydrogen) atoms. The van der Waals surface area contributed by atoms with Crippen molar-refractivity contribution in [1.29, 1.82) is 0 Å². The van der Waals surface area contributed by atoms with E-state index in [1.165, 1.54) is 11.3 Å². The molecule has 4 heterocycles. The fourth-order valence-corrected chi connectivity index (χ4v) is 6.24. The van der Waals surface area contributed by atoms with Gasteiger partial charge < -0.3 is 20.5 Å². The van der Waals surface area contributed by atoms with Gasteiger partial charge in [0.1, 0.15) is 0 Å². The van der Waals surface area contributed by atoms with Gasteiger partial charge in [-0.2, -0.15) is 0 Å². The lowest BCUT2D eigenvalue weighted by molar-refractivity contribution is 0.122. The number of nitrogens with two attached hydrogens (primary N) is 1. The number of aliphatic hydroxyl groups is 1. The maximum absolute atomic E-state index is 12.9. The summed E-state index contributed by atoms with van der Waals surface area (Å²) in [6.45, 7) is 2.16. The summed E-state index contributed by atoms with van der Waals surface area (Å²) in [4.78, 5) is 20.7. The Morgan fingerprint density at radius 2 is 1.89 bits per heavy atom. The highest BCUT2D eigenvalue weighted by atomic mass is 32.2. The van der Waals surface area contributed by atoms with Crippen LogP contribution in [0.2, 0.25) is 0 Å². The van der Waals surface area contributed by atoms with E-state index in [0.29, 0.717) is 48.8 Å². The van der Waals surface area contributed by atoms with Gasteiger partial charge in [0, 0.05) is 42.5 Å². The van der Waals surface area contributed by atoms with E-state index in [-0.39, 0.29) is 24.0 Å². The number of morpholine rings is 1. The molecule has 0 spiro atoms. The average molecular weight is 514 g/mol. The van der Waals surface area contributed by atoms with Crippen molar-refractivity contribution in [3.63, 3.8) is 0 Å². The van der Waals surface area contributed by atoms with Crippen LogP contribution in [0, 0.1) is 0 Å². The van der Waals surface area contributed by atoms with Crippen molar-refractivity contribution in [2.24, 2.45) is 0 Å². The first-order valence-electron chi connectivity index (χ1n) is 10.9. The fraction of sp³-hybridized carbons (Fsp3) is 0.273. The van der Waals surface area contributed by atoms with Crippen molar-refractivity contribution in [1.82, 2.24) is 24.7 Å². The highest BCUT2D eigenvalue weighted by Crippen LogP contribution is 2.40. The zero-order valence-electron chi connectivity index (χ0n) is 18.6. The molecule has 0 aliphatic carbocycles. The minimum absolute atomic E-state index is 0.0667. The van der Waals surface area contributed by atoms with Gasteiger partial charge in [-0.3, -0.25) is 0 Å². The molecule has 3 aromatic heterocycles.